The number of rotatable bonds is 11. The second kappa shape index (κ2) is 13.0. The molecular formula is C26H34ClN3O4. The van der Waals surface area contributed by atoms with E-state index in [1.165, 1.54) is 0 Å². The quantitative estimate of drug-likeness (QED) is 0.350. The van der Waals surface area contributed by atoms with Gasteiger partial charge in [0.1, 0.15) is 17.5 Å². The van der Waals surface area contributed by atoms with E-state index in [-0.39, 0.29) is 24.3 Å². The molecule has 8 heteroatoms. The zero-order valence-electron chi connectivity index (χ0n) is 20.6. The lowest BCUT2D eigenvalue weighted by Crippen LogP contribution is -2.47. The summed E-state index contributed by atoms with van der Waals surface area (Å²) in [5, 5.41) is 7.45. The van der Waals surface area contributed by atoms with E-state index in [2.05, 4.69) is 29.7 Å². The molecule has 2 aromatic rings. The highest BCUT2D eigenvalue weighted by atomic mass is 35.5. The molecule has 0 aliphatic carbocycles. The molecule has 0 aliphatic rings. The van der Waals surface area contributed by atoms with Crippen molar-refractivity contribution in [3.63, 3.8) is 0 Å². The monoisotopic (exact) mass is 487 g/mol. The molecule has 0 radical (unpaired) electrons. The average Bonchev–Trinajstić information content (AvgIpc) is 2.78. The summed E-state index contributed by atoms with van der Waals surface area (Å²) in [4.78, 5) is 25.2. The van der Waals surface area contributed by atoms with E-state index in [9.17, 15) is 9.59 Å². The maximum atomic E-state index is 12.8. The van der Waals surface area contributed by atoms with Crippen LogP contribution in [0.3, 0.4) is 0 Å². The van der Waals surface area contributed by atoms with Gasteiger partial charge in [0.25, 0.3) is 11.8 Å². The molecular weight excluding hydrogens is 454 g/mol. The number of aryl methyl sites for hydroxylation is 1. The summed E-state index contributed by atoms with van der Waals surface area (Å²) in [6, 6.07) is 9.94. The van der Waals surface area contributed by atoms with Gasteiger partial charge in [-0.25, -0.2) is 5.43 Å². The minimum Gasteiger partial charge on any atom is -0.496 e. The highest BCUT2D eigenvalue weighted by Crippen LogP contribution is 2.29. The molecule has 0 aliphatic heterocycles. The molecule has 7 nitrogen and oxygen atoms in total. The van der Waals surface area contributed by atoms with Crippen molar-refractivity contribution >= 4 is 29.6 Å². The average molecular weight is 488 g/mol. The summed E-state index contributed by atoms with van der Waals surface area (Å²) in [5.74, 6) is 1.03. The van der Waals surface area contributed by atoms with Crippen LogP contribution in [-0.4, -0.2) is 37.8 Å². The van der Waals surface area contributed by atoms with Gasteiger partial charge in [0.2, 0.25) is 0 Å². The third-order valence-electron chi connectivity index (χ3n) is 5.16. The Morgan fingerprint density at radius 1 is 1.12 bits per heavy atom. The maximum absolute atomic E-state index is 12.8. The number of nitrogens with zero attached hydrogens (tertiary/aromatic N) is 1. The largest absolute Gasteiger partial charge is 0.496 e. The molecule has 0 heterocycles. The second-order valence-electron chi connectivity index (χ2n) is 8.83. The summed E-state index contributed by atoms with van der Waals surface area (Å²) in [6.45, 7) is 9.88. The van der Waals surface area contributed by atoms with Crippen LogP contribution < -0.4 is 20.2 Å². The Morgan fingerprint density at radius 3 is 2.38 bits per heavy atom. The third-order valence-corrected chi connectivity index (χ3v) is 5.41. The topological polar surface area (TPSA) is 89.0 Å². The van der Waals surface area contributed by atoms with Gasteiger partial charge < -0.3 is 14.8 Å². The summed E-state index contributed by atoms with van der Waals surface area (Å²) in [5.41, 5.74) is 5.47. The minimum absolute atomic E-state index is 0.189. The van der Waals surface area contributed by atoms with Crippen LogP contribution in [0.25, 0.3) is 0 Å². The van der Waals surface area contributed by atoms with Crippen molar-refractivity contribution in [1.82, 2.24) is 10.7 Å². The molecule has 2 amide bonds. The van der Waals surface area contributed by atoms with Gasteiger partial charge in [0.05, 0.1) is 13.3 Å². The summed E-state index contributed by atoms with van der Waals surface area (Å²) < 4.78 is 10.9. The standard InChI is InChI=1S/C26H34ClN3O4/c1-16(2)11-23(29-25(31)15-34-21-9-7-20(27)8-10-21)26(32)30-28-14-19-13-22(17(3)4)24(33-6)12-18(19)5/h7-10,12-14,16-17,23H,11,15H2,1-6H3,(H,29,31)(H,30,32)/b28-14-/t23-/m0/s1. The molecule has 2 N–H and O–H groups in total. The Morgan fingerprint density at radius 2 is 1.79 bits per heavy atom. The van der Waals surface area contributed by atoms with Crippen molar-refractivity contribution in [3.8, 4) is 11.5 Å². The number of ether oxygens (including phenoxy) is 2. The van der Waals surface area contributed by atoms with E-state index in [4.69, 9.17) is 21.1 Å². The lowest BCUT2D eigenvalue weighted by atomic mass is 9.97. The van der Waals surface area contributed by atoms with Crippen molar-refractivity contribution in [1.29, 1.82) is 0 Å². The molecule has 2 aromatic carbocycles. The van der Waals surface area contributed by atoms with Crippen LogP contribution in [0.15, 0.2) is 41.5 Å². The molecule has 0 fully saturated rings. The van der Waals surface area contributed by atoms with Crippen molar-refractivity contribution in [3.05, 3.63) is 58.1 Å². The smallest absolute Gasteiger partial charge is 0.262 e. The molecule has 0 unspecified atom stereocenters. The normalized spacial score (nSPS) is 12.1. The third kappa shape index (κ3) is 8.37. The Bertz CT molecular complexity index is 1000. The molecule has 34 heavy (non-hydrogen) atoms. The number of carbonyl (C=O) groups excluding carboxylic acids is 2. The van der Waals surface area contributed by atoms with Crippen LogP contribution in [0.4, 0.5) is 0 Å². The first-order valence-corrected chi connectivity index (χ1v) is 11.7. The fraction of sp³-hybridized carbons (Fsp3) is 0.423. The number of hydrogen-bond acceptors (Lipinski definition) is 5. The van der Waals surface area contributed by atoms with E-state index in [1.54, 1.807) is 37.6 Å². The first-order chi connectivity index (χ1) is 16.1. The van der Waals surface area contributed by atoms with Gasteiger partial charge >= 0.3 is 0 Å². The van der Waals surface area contributed by atoms with Crippen LogP contribution in [0.5, 0.6) is 11.5 Å². The number of carbonyl (C=O) groups is 2. The van der Waals surface area contributed by atoms with E-state index < -0.39 is 11.9 Å². The number of halogens is 1. The van der Waals surface area contributed by atoms with Crippen molar-refractivity contribution in [2.24, 2.45) is 11.0 Å². The highest BCUT2D eigenvalue weighted by Gasteiger charge is 2.22. The number of benzene rings is 2. The number of methoxy groups -OCH3 is 1. The zero-order valence-corrected chi connectivity index (χ0v) is 21.4. The summed E-state index contributed by atoms with van der Waals surface area (Å²) in [6.07, 6.45) is 2.07. The molecule has 2 rings (SSSR count). The molecule has 0 aromatic heterocycles. The zero-order chi connectivity index (χ0) is 25.3. The molecule has 0 saturated carbocycles. The number of hydrogen-bond donors (Lipinski definition) is 2. The Labute approximate surface area is 206 Å². The number of hydrazone groups is 1. The molecule has 0 saturated heterocycles. The first-order valence-electron chi connectivity index (χ1n) is 11.3. The maximum Gasteiger partial charge on any atom is 0.262 e. The van der Waals surface area contributed by atoms with E-state index >= 15 is 0 Å². The van der Waals surface area contributed by atoms with Gasteiger partial charge in [-0.15, -0.1) is 0 Å². The fourth-order valence-corrected chi connectivity index (χ4v) is 3.47. The summed E-state index contributed by atoms with van der Waals surface area (Å²) in [7, 11) is 1.65. The predicted molar refractivity (Wildman–Crippen MR) is 136 cm³/mol. The van der Waals surface area contributed by atoms with Crippen molar-refractivity contribution in [2.75, 3.05) is 13.7 Å². The molecule has 1 atom stereocenters. The lowest BCUT2D eigenvalue weighted by Gasteiger charge is -2.19. The van der Waals surface area contributed by atoms with Gasteiger partial charge in [-0.3, -0.25) is 9.59 Å². The van der Waals surface area contributed by atoms with Gasteiger partial charge in [0.15, 0.2) is 6.61 Å². The molecule has 0 bridgehead atoms. The first kappa shape index (κ1) is 27.2. The van der Waals surface area contributed by atoms with E-state index in [1.807, 2.05) is 32.9 Å². The lowest BCUT2D eigenvalue weighted by molar-refractivity contribution is -0.130. The van der Waals surface area contributed by atoms with Gasteiger partial charge in [-0.05, 0) is 78.3 Å². The highest BCUT2D eigenvalue weighted by molar-refractivity contribution is 6.30. The van der Waals surface area contributed by atoms with Crippen LogP contribution in [0.1, 0.15) is 56.7 Å². The summed E-state index contributed by atoms with van der Waals surface area (Å²) >= 11 is 5.85. The van der Waals surface area contributed by atoms with Crippen LogP contribution in [0.2, 0.25) is 5.02 Å². The molecule has 0 spiro atoms. The Balaban J connectivity index is 2.02. The minimum atomic E-state index is -0.735. The SMILES string of the molecule is COc1cc(C)c(/C=N\NC(=O)[C@H](CC(C)C)NC(=O)COc2ccc(Cl)cc2)cc1C(C)C. The molecule has 184 valence electrons. The van der Waals surface area contributed by atoms with Gasteiger partial charge in [0, 0.05) is 5.02 Å². The van der Waals surface area contributed by atoms with E-state index in [0.717, 1.165) is 22.4 Å². The van der Waals surface area contributed by atoms with Gasteiger partial charge in [-0.2, -0.15) is 5.10 Å². The number of nitrogens with one attached hydrogen (secondary N) is 2. The Hall–Kier alpha value is -3.06. The van der Waals surface area contributed by atoms with E-state index in [0.29, 0.717) is 17.2 Å². The number of amides is 2. The van der Waals surface area contributed by atoms with Crippen LogP contribution in [0, 0.1) is 12.8 Å². The van der Waals surface area contributed by atoms with Crippen LogP contribution in [-0.2, 0) is 9.59 Å². The van der Waals surface area contributed by atoms with Gasteiger partial charge in [-0.1, -0.05) is 39.3 Å². The fourth-order valence-electron chi connectivity index (χ4n) is 3.34. The van der Waals surface area contributed by atoms with Crippen molar-refractivity contribution < 1.29 is 19.1 Å². The predicted octanol–water partition coefficient (Wildman–Crippen LogP) is 4.84. The second-order valence-corrected chi connectivity index (χ2v) is 9.27. The van der Waals surface area contributed by atoms with Crippen LogP contribution >= 0.6 is 11.6 Å². The Kier molecular flexibility index (Phi) is 10.4. The van der Waals surface area contributed by atoms with Crippen molar-refractivity contribution in [2.45, 2.75) is 53.0 Å².